The smallest absolute Gasteiger partial charge is 0.268 e. The van der Waals surface area contributed by atoms with Gasteiger partial charge >= 0.3 is 0 Å². The Kier molecular flexibility index (Phi) is 74.4. The minimum Gasteiger partial charge on any atom is -0.756 e. The van der Waals surface area contributed by atoms with Gasteiger partial charge in [-0.1, -0.05) is 422 Å². The molecule has 0 aliphatic heterocycles. The van der Waals surface area contributed by atoms with Gasteiger partial charge in [0.25, 0.3) is 7.82 Å². The molecule has 2 N–H and O–H groups in total. The lowest BCUT2D eigenvalue weighted by molar-refractivity contribution is -0.870. The maximum absolute atomic E-state index is 13.1. The summed E-state index contributed by atoms with van der Waals surface area (Å²) in [4.78, 5) is 25.7. The number of likely N-dealkylation sites (N-methyl/N-ethyl adjacent to an activating group) is 1. The van der Waals surface area contributed by atoms with Gasteiger partial charge in [0.1, 0.15) is 13.2 Å². The summed E-state index contributed by atoms with van der Waals surface area (Å²) in [5.74, 6) is -0.188. The number of allylic oxidation sites excluding steroid dienone is 7. The fourth-order valence-electron chi connectivity index (χ4n) is 13.1. The Labute approximate surface area is 588 Å². The van der Waals surface area contributed by atoms with E-state index in [9.17, 15) is 19.4 Å². The summed E-state index contributed by atoms with van der Waals surface area (Å²) in [5, 5.41) is 14.0. The van der Waals surface area contributed by atoms with E-state index in [0.717, 1.165) is 51.4 Å². The Morgan fingerprint density at radius 2 is 0.617 bits per heavy atom. The van der Waals surface area contributed by atoms with Crippen LogP contribution in [0.4, 0.5) is 0 Å². The van der Waals surface area contributed by atoms with Crippen molar-refractivity contribution < 1.29 is 32.9 Å². The summed E-state index contributed by atoms with van der Waals surface area (Å²) in [5.41, 5.74) is 0. The van der Waals surface area contributed by atoms with E-state index in [1.165, 1.54) is 366 Å². The molecule has 0 radical (unpaired) electrons. The average Bonchev–Trinajstić information content (AvgIpc) is 1.77. The van der Waals surface area contributed by atoms with Gasteiger partial charge in [0.2, 0.25) is 5.91 Å². The van der Waals surface area contributed by atoms with E-state index in [4.69, 9.17) is 9.05 Å². The van der Waals surface area contributed by atoms with E-state index in [1.807, 2.05) is 27.2 Å². The molecular formula is C85H165N2O6P. The SMILES string of the molecule is CCCCCCC/C=C\C/C=C\C/C=C\CCCCCCCCCCCCCCCCCCCCCCCCCCCCC(=O)NC(COP(=O)([O-])OCC[N+](C)(C)C)C(O)/C=C/CCCCCCCCCCCCCCCCCCCCCCCCCCCCCCC. The molecule has 0 aliphatic rings. The van der Waals surface area contributed by atoms with Crippen LogP contribution in [0, 0.1) is 0 Å². The van der Waals surface area contributed by atoms with Crippen LogP contribution < -0.4 is 10.2 Å². The Balaban J connectivity index is 3.90. The lowest BCUT2D eigenvalue weighted by atomic mass is 10.0. The highest BCUT2D eigenvalue weighted by Gasteiger charge is 2.23. The molecule has 0 aromatic rings. The molecule has 0 aromatic carbocycles. The number of aliphatic hydroxyl groups excluding tert-OH is 1. The van der Waals surface area contributed by atoms with Gasteiger partial charge in [-0.3, -0.25) is 9.36 Å². The molecule has 0 fully saturated rings. The van der Waals surface area contributed by atoms with Crippen molar-refractivity contribution in [3.05, 3.63) is 48.6 Å². The van der Waals surface area contributed by atoms with Gasteiger partial charge in [0.15, 0.2) is 0 Å². The molecule has 0 rings (SSSR count). The molecule has 0 spiro atoms. The minimum atomic E-state index is -4.61. The first-order valence-corrected chi connectivity index (χ1v) is 43.5. The first kappa shape index (κ1) is 92.5. The van der Waals surface area contributed by atoms with Crippen molar-refractivity contribution in [3.63, 3.8) is 0 Å². The number of amides is 1. The minimum absolute atomic E-state index is 0.00138. The van der Waals surface area contributed by atoms with Crippen molar-refractivity contribution in [2.75, 3.05) is 40.9 Å². The summed E-state index contributed by atoms with van der Waals surface area (Å²) >= 11 is 0. The lowest BCUT2D eigenvalue weighted by Gasteiger charge is -2.29. The van der Waals surface area contributed by atoms with Gasteiger partial charge in [-0.05, 0) is 57.8 Å². The summed E-state index contributed by atoms with van der Waals surface area (Å²) in [6.07, 6.45) is 104. The molecule has 3 atom stereocenters. The van der Waals surface area contributed by atoms with Gasteiger partial charge in [-0.25, -0.2) is 0 Å². The van der Waals surface area contributed by atoms with Crippen molar-refractivity contribution in [2.24, 2.45) is 0 Å². The number of phosphoric acid groups is 1. The molecule has 556 valence electrons. The number of aliphatic hydroxyl groups is 1. The van der Waals surface area contributed by atoms with Crippen LogP contribution in [0.3, 0.4) is 0 Å². The maximum Gasteiger partial charge on any atom is 0.268 e. The van der Waals surface area contributed by atoms with Crippen LogP contribution in [0.5, 0.6) is 0 Å². The zero-order chi connectivity index (χ0) is 68.3. The lowest BCUT2D eigenvalue weighted by Crippen LogP contribution is -2.45. The number of nitrogens with zero attached hydrogens (tertiary/aromatic N) is 1. The van der Waals surface area contributed by atoms with E-state index in [0.29, 0.717) is 17.4 Å². The van der Waals surface area contributed by atoms with Crippen molar-refractivity contribution >= 4 is 13.7 Å². The average molecular weight is 1340 g/mol. The van der Waals surface area contributed by atoms with Gasteiger partial charge in [0.05, 0.1) is 39.9 Å². The Morgan fingerprint density at radius 1 is 0.372 bits per heavy atom. The van der Waals surface area contributed by atoms with Crippen LogP contribution in [-0.2, 0) is 18.4 Å². The normalized spacial score (nSPS) is 13.6. The molecule has 8 nitrogen and oxygen atoms in total. The molecule has 94 heavy (non-hydrogen) atoms. The van der Waals surface area contributed by atoms with Gasteiger partial charge in [-0.2, -0.15) is 0 Å². The van der Waals surface area contributed by atoms with Crippen molar-refractivity contribution in [1.82, 2.24) is 5.32 Å². The molecular weight excluding hydrogens is 1180 g/mol. The maximum atomic E-state index is 13.1. The molecule has 9 heteroatoms. The van der Waals surface area contributed by atoms with E-state index < -0.39 is 20.0 Å². The van der Waals surface area contributed by atoms with Crippen LogP contribution >= 0.6 is 7.82 Å². The Morgan fingerprint density at radius 3 is 0.894 bits per heavy atom. The van der Waals surface area contributed by atoms with Gasteiger partial charge in [-0.15, -0.1) is 0 Å². The summed E-state index contributed by atoms with van der Waals surface area (Å²) < 4.78 is 23.5. The summed E-state index contributed by atoms with van der Waals surface area (Å²) in [7, 11) is 1.28. The Bertz CT molecular complexity index is 1680. The predicted octanol–water partition coefficient (Wildman–Crippen LogP) is 27.1. The molecule has 0 heterocycles. The van der Waals surface area contributed by atoms with Crippen molar-refractivity contribution in [2.45, 2.75) is 450 Å². The number of hydrogen-bond donors (Lipinski definition) is 2. The number of rotatable bonds is 79. The fraction of sp³-hybridized carbons (Fsp3) is 0.894. The zero-order valence-electron chi connectivity index (χ0n) is 63.9. The predicted molar refractivity (Wildman–Crippen MR) is 413 cm³/mol. The third-order valence-corrected chi connectivity index (χ3v) is 20.5. The van der Waals surface area contributed by atoms with E-state index in [2.05, 4.69) is 55.6 Å². The number of hydrogen-bond acceptors (Lipinski definition) is 6. The molecule has 0 saturated carbocycles. The number of unbranched alkanes of at least 4 members (excludes halogenated alkanes) is 60. The highest BCUT2D eigenvalue weighted by atomic mass is 31.2. The fourth-order valence-corrected chi connectivity index (χ4v) is 13.8. The van der Waals surface area contributed by atoms with E-state index in [-0.39, 0.29) is 19.1 Å². The number of nitrogens with one attached hydrogen (secondary N) is 1. The number of phosphoric ester groups is 1. The standard InChI is InChI=1S/C85H165N2O6P/c1-6-8-10-12-14-16-18-20-22-24-26-28-30-32-34-36-38-39-40-41-42-43-44-45-46-47-49-51-53-55-57-59-61-63-65-67-69-71-73-75-77-79-85(89)86-83(82-93-94(90,91)92-81-80-87(3,4)5)84(88)78-76-74-72-70-68-66-64-62-60-58-56-54-52-50-48-37-35-33-31-29-27-25-23-21-19-17-15-13-11-9-7-2/h18,20,24,26,30,32,76,78,83-84,88H,6-17,19,21-23,25,27-29,31,33-75,77,79-82H2,1-5H3,(H-,86,89,90,91)/b20-18-,26-24-,32-30-,78-76+. The van der Waals surface area contributed by atoms with Crippen LogP contribution in [-0.4, -0.2) is 68.5 Å². The quantitative estimate of drug-likeness (QED) is 0.0272. The monoisotopic (exact) mass is 1340 g/mol. The van der Waals surface area contributed by atoms with E-state index >= 15 is 0 Å². The van der Waals surface area contributed by atoms with Crippen molar-refractivity contribution in [3.8, 4) is 0 Å². The highest BCUT2D eigenvalue weighted by molar-refractivity contribution is 7.45. The number of carbonyl (C=O) groups is 1. The summed E-state index contributed by atoms with van der Waals surface area (Å²) in [6, 6.07) is -0.888. The second-order valence-electron chi connectivity index (χ2n) is 30.2. The van der Waals surface area contributed by atoms with Crippen LogP contribution in [0.1, 0.15) is 438 Å². The molecule has 1 amide bonds. The van der Waals surface area contributed by atoms with Crippen molar-refractivity contribution in [1.29, 1.82) is 0 Å². The molecule has 0 aromatic heterocycles. The molecule has 0 aliphatic carbocycles. The second-order valence-corrected chi connectivity index (χ2v) is 31.6. The number of quaternary nitrogens is 1. The largest absolute Gasteiger partial charge is 0.756 e. The second kappa shape index (κ2) is 75.7. The first-order chi connectivity index (χ1) is 46.0. The van der Waals surface area contributed by atoms with Crippen LogP contribution in [0.15, 0.2) is 48.6 Å². The van der Waals surface area contributed by atoms with Gasteiger partial charge in [0, 0.05) is 6.42 Å². The zero-order valence-corrected chi connectivity index (χ0v) is 64.8. The van der Waals surface area contributed by atoms with E-state index in [1.54, 1.807) is 6.08 Å². The third kappa shape index (κ3) is 77.8. The Hall–Kier alpha value is -1.54. The highest BCUT2D eigenvalue weighted by Crippen LogP contribution is 2.38. The molecule has 3 unspecified atom stereocenters. The molecule has 0 saturated heterocycles. The third-order valence-electron chi connectivity index (χ3n) is 19.5. The topological polar surface area (TPSA) is 108 Å². The van der Waals surface area contributed by atoms with Gasteiger partial charge < -0.3 is 28.8 Å². The summed E-state index contributed by atoms with van der Waals surface area (Å²) in [6.45, 7) is 4.71. The number of carbonyl (C=O) groups excluding carboxylic acids is 1. The molecule has 0 bridgehead atoms. The van der Waals surface area contributed by atoms with Crippen LogP contribution in [0.2, 0.25) is 0 Å². The first-order valence-electron chi connectivity index (χ1n) is 42.0. The van der Waals surface area contributed by atoms with Crippen LogP contribution in [0.25, 0.3) is 0 Å².